The highest BCUT2D eigenvalue weighted by Gasteiger charge is 2.16. The minimum absolute atomic E-state index is 0.140. The third kappa shape index (κ3) is 4.67. The molecule has 1 aliphatic rings. The maximum absolute atomic E-state index is 12.3. The van der Waals surface area contributed by atoms with Crippen molar-refractivity contribution < 1.29 is 9.53 Å². The predicted molar refractivity (Wildman–Crippen MR) is 113 cm³/mol. The second kappa shape index (κ2) is 8.85. The summed E-state index contributed by atoms with van der Waals surface area (Å²) < 4.78 is 5.77. The SMILES string of the molecule is O=C(NN=Cc1ccc(OCc2ccccc2)cc1)c1cc2c(s1)CCCC2. The Balaban J connectivity index is 1.29. The average molecular weight is 391 g/mol. The lowest BCUT2D eigenvalue weighted by Crippen LogP contribution is -2.16. The Bertz CT molecular complexity index is 939. The van der Waals surface area contributed by atoms with Crippen molar-refractivity contribution in [3.8, 4) is 5.75 Å². The number of hydrazone groups is 1. The number of rotatable bonds is 6. The zero-order chi connectivity index (χ0) is 19.2. The topological polar surface area (TPSA) is 50.7 Å². The van der Waals surface area contributed by atoms with Crippen molar-refractivity contribution in [1.82, 2.24) is 5.43 Å². The molecule has 0 atom stereocenters. The number of carbonyl (C=O) groups excluding carboxylic acids is 1. The van der Waals surface area contributed by atoms with Crippen LogP contribution >= 0.6 is 11.3 Å². The molecule has 5 heteroatoms. The van der Waals surface area contributed by atoms with Crippen LogP contribution < -0.4 is 10.2 Å². The van der Waals surface area contributed by atoms with Gasteiger partial charge in [0, 0.05) is 4.88 Å². The molecule has 1 N–H and O–H groups in total. The minimum atomic E-state index is -0.140. The van der Waals surface area contributed by atoms with Crippen molar-refractivity contribution in [3.05, 3.63) is 87.1 Å². The summed E-state index contributed by atoms with van der Waals surface area (Å²) >= 11 is 1.59. The monoisotopic (exact) mass is 390 g/mol. The van der Waals surface area contributed by atoms with Crippen molar-refractivity contribution >= 4 is 23.5 Å². The Hall–Kier alpha value is -2.92. The van der Waals surface area contributed by atoms with Gasteiger partial charge in [-0.05, 0) is 72.7 Å². The van der Waals surface area contributed by atoms with Crippen LogP contribution in [0, 0.1) is 0 Å². The summed E-state index contributed by atoms with van der Waals surface area (Å²) in [5.74, 6) is 0.660. The maximum Gasteiger partial charge on any atom is 0.281 e. The highest BCUT2D eigenvalue weighted by molar-refractivity contribution is 7.14. The Morgan fingerprint density at radius 2 is 1.86 bits per heavy atom. The molecule has 3 aromatic rings. The highest BCUT2D eigenvalue weighted by Crippen LogP contribution is 2.29. The van der Waals surface area contributed by atoms with Gasteiger partial charge in [0.15, 0.2) is 0 Å². The summed E-state index contributed by atoms with van der Waals surface area (Å²) in [6, 6.07) is 19.7. The molecule has 4 rings (SSSR count). The van der Waals surface area contributed by atoms with Crippen LogP contribution in [0.25, 0.3) is 0 Å². The Labute approximate surface area is 168 Å². The standard InChI is InChI=1S/C23H22N2O2S/c26-23(22-14-19-8-4-5-9-21(19)28-22)25-24-15-17-10-12-20(13-11-17)27-16-18-6-2-1-3-7-18/h1-3,6-7,10-15H,4-5,8-9,16H2,(H,25,26). The van der Waals surface area contributed by atoms with Gasteiger partial charge in [0.25, 0.3) is 5.91 Å². The first-order chi connectivity index (χ1) is 13.8. The molecule has 28 heavy (non-hydrogen) atoms. The van der Waals surface area contributed by atoms with Gasteiger partial charge in [0.1, 0.15) is 12.4 Å². The summed E-state index contributed by atoms with van der Waals surface area (Å²) in [7, 11) is 0. The molecule has 0 unspecified atom stereocenters. The first kappa shape index (κ1) is 18.4. The Kier molecular flexibility index (Phi) is 5.83. The molecular weight excluding hydrogens is 368 g/mol. The highest BCUT2D eigenvalue weighted by atomic mass is 32.1. The Morgan fingerprint density at radius 3 is 2.64 bits per heavy atom. The van der Waals surface area contributed by atoms with E-state index in [2.05, 4.69) is 10.5 Å². The van der Waals surface area contributed by atoms with Crippen molar-refractivity contribution in [3.63, 3.8) is 0 Å². The van der Waals surface area contributed by atoms with Crippen LogP contribution in [-0.2, 0) is 19.4 Å². The fourth-order valence-electron chi connectivity index (χ4n) is 3.21. The third-order valence-corrected chi connectivity index (χ3v) is 5.96. The van der Waals surface area contributed by atoms with Gasteiger partial charge < -0.3 is 4.74 Å². The fourth-order valence-corrected chi connectivity index (χ4v) is 4.36. The van der Waals surface area contributed by atoms with Crippen molar-refractivity contribution in [2.24, 2.45) is 5.10 Å². The van der Waals surface area contributed by atoms with E-state index in [0.29, 0.717) is 6.61 Å². The molecule has 0 saturated carbocycles. The fraction of sp³-hybridized carbons (Fsp3) is 0.217. The van der Waals surface area contributed by atoms with Crippen molar-refractivity contribution in [1.29, 1.82) is 0 Å². The largest absolute Gasteiger partial charge is 0.489 e. The first-order valence-electron chi connectivity index (χ1n) is 9.50. The zero-order valence-electron chi connectivity index (χ0n) is 15.6. The summed E-state index contributed by atoms with van der Waals surface area (Å²) in [6.45, 7) is 0.537. The number of amides is 1. The molecule has 142 valence electrons. The number of nitrogens with zero attached hydrogens (tertiary/aromatic N) is 1. The number of fused-ring (bicyclic) bond motifs is 1. The number of aryl methyl sites for hydroxylation is 2. The van der Waals surface area contributed by atoms with Crippen molar-refractivity contribution in [2.75, 3.05) is 0 Å². The van der Waals surface area contributed by atoms with Gasteiger partial charge in [-0.1, -0.05) is 30.3 Å². The number of benzene rings is 2. The second-order valence-corrected chi connectivity index (χ2v) is 7.95. The molecule has 0 bridgehead atoms. The molecule has 0 saturated heterocycles. The zero-order valence-corrected chi connectivity index (χ0v) is 16.4. The maximum atomic E-state index is 12.3. The van der Waals surface area contributed by atoms with Crippen LogP contribution in [0.15, 0.2) is 65.8 Å². The van der Waals surface area contributed by atoms with Crippen LogP contribution in [0.5, 0.6) is 5.75 Å². The molecule has 1 aromatic heterocycles. The van der Waals surface area contributed by atoms with Gasteiger partial charge >= 0.3 is 0 Å². The number of ether oxygens (including phenoxy) is 1. The normalized spacial score (nSPS) is 13.3. The predicted octanol–water partition coefficient (Wildman–Crippen LogP) is 4.97. The van der Waals surface area contributed by atoms with E-state index in [1.807, 2.05) is 60.7 Å². The van der Waals surface area contributed by atoms with Gasteiger partial charge in [-0.25, -0.2) is 5.43 Å². The minimum Gasteiger partial charge on any atom is -0.489 e. The average Bonchev–Trinajstić information content (AvgIpc) is 3.18. The van der Waals surface area contributed by atoms with E-state index in [1.54, 1.807) is 17.6 Å². The molecule has 0 radical (unpaired) electrons. The van der Waals surface area contributed by atoms with E-state index in [-0.39, 0.29) is 5.91 Å². The van der Waals surface area contributed by atoms with E-state index < -0.39 is 0 Å². The molecule has 4 nitrogen and oxygen atoms in total. The van der Waals surface area contributed by atoms with Crippen LogP contribution in [0.4, 0.5) is 0 Å². The van der Waals surface area contributed by atoms with Crippen LogP contribution in [-0.4, -0.2) is 12.1 Å². The number of carbonyl (C=O) groups is 1. The smallest absolute Gasteiger partial charge is 0.281 e. The molecule has 1 aliphatic carbocycles. The second-order valence-electron chi connectivity index (χ2n) is 6.81. The molecule has 0 spiro atoms. The molecule has 0 aliphatic heterocycles. The van der Waals surface area contributed by atoms with E-state index in [4.69, 9.17) is 4.74 Å². The first-order valence-corrected chi connectivity index (χ1v) is 10.3. The van der Waals surface area contributed by atoms with Gasteiger partial charge in [-0.15, -0.1) is 11.3 Å². The summed E-state index contributed by atoms with van der Waals surface area (Å²) in [5, 5.41) is 4.09. The van der Waals surface area contributed by atoms with Gasteiger partial charge in [0.05, 0.1) is 11.1 Å². The van der Waals surface area contributed by atoms with Gasteiger partial charge in [-0.3, -0.25) is 4.79 Å². The summed E-state index contributed by atoms with van der Waals surface area (Å²) in [4.78, 5) is 14.4. The molecule has 2 aromatic carbocycles. The van der Waals surface area contributed by atoms with E-state index in [1.165, 1.54) is 23.3 Å². The van der Waals surface area contributed by atoms with Crippen LogP contribution in [0.3, 0.4) is 0 Å². The number of hydrogen-bond acceptors (Lipinski definition) is 4. The van der Waals surface area contributed by atoms with Crippen LogP contribution in [0.1, 0.15) is 44.1 Å². The van der Waals surface area contributed by atoms with E-state index >= 15 is 0 Å². The Morgan fingerprint density at radius 1 is 1.07 bits per heavy atom. The molecular formula is C23H22N2O2S. The number of thiophene rings is 1. The number of hydrogen-bond donors (Lipinski definition) is 1. The lowest BCUT2D eigenvalue weighted by atomic mass is 9.99. The quantitative estimate of drug-likeness (QED) is 0.477. The molecule has 1 amide bonds. The molecule has 1 heterocycles. The lowest BCUT2D eigenvalue weighted by Gasteiger charge is -2.08. The van der Waals surface area contributed by atoms with Gasteiger partial charge in [0.2, 0.25) is 0 Å². The van der Waals surface area contributed by atoms with Gasteiger partial charge in [-0.2, -0.15) is 5.10 Å². The van der Waals surface area contributed by atoms with Crippen molar-refractivity contribution in [2.45, 2.75) is 32.3 Å². The summed E-state index contributed by atoms with van der Waals surface area (Å²) in [6.07, 6.45) is 6.26. The summed E-state index contributed by atoms with van der Waals surface area (Å²) in [5.41, 5.74) is 5.99. The molecule has 0 fully saturated rings. The van der Waals surface area contributed by atoms with E-state index in [9.17, 15) is 4.79 Å². The van der Waals surface area contributed by atoms with Crippen LogP contribution in [0.2, 0.25) is 0 Å². The lowest BCUT2D eigenvalue weighted by molar-refractivity contribution is 0.0959. The third-order valence-electron chi connectivity index (χ3n) is 4.73. The van der Waals surface area contributed by atoms with E-state index in [0.717, 1.165) is 34.6 Å². The number of nitrogens with one attached hydrogen (secondary N) is 1.